The average molecular weight is 532 g/mol. The molecule has 0 aliphatic heterocycles. The van der Waals surface area contributed by atoms with Crippen molar-refractivity contribution in [2.75, 3.05) is 10.6 Å². The number of rotatable bonds is 6. The van der Waals surface area contributed by atoms with Gasteiger partial charge in [-0.15, -0.1) is 11.3 Å². The number of nitrogens with zero attached hydrogens (tertiary/aromatic N) is 1. The standard InChI is InChI=1S/C30H33N3O2S2/c1-17-14-18(2)26(19(3)15-17)33-27(34)20(4)36-29-32-24-13-12-23(16-25(24)37-29)31-28(35)21-8-10-22(11-9-21)30(5,6)7/h8-16,20H,1-7H3,(H,31,35)(H,33,34)/t20-/m0/s1. The second-order valence-corrected chi connectivity index (χ2v) is 13.1. The highest BCUT2D eigenvalue weighted by Gasteiger charge is 2.19. The van der Waals surface area contributed by atoms with Gasteiger partial charge in [0.25, 0.3) is 5.91 Å². The van der Waals surface area contributed by atoms with Crippen LogP contribution in [0.4, 0.5) is 11.4 Å². The number of hydrogen-bond donors (Lipinski definition) is 2. The Balaban J connectivity index is 1.42. The molecule has 3 aromatic carbocycles. The first-order valence-electron chi connectivity index (χ1n) is 12.3. The van der Waals surface area contributed by atoms with E-state index in [-0.39, 0.29) is 22.5 Å². The number of nitrogens with one attached hydrogen (secondary N) is 2. The van der Waals surface area contributed by atoms with Gasteiger partial charge in [-0.1, -0.05) is 62.4 Å². The van der Waals surface area contributed by atoms with Gasteiger partial charge in [-0.2, -0.15) is 0 Å². The molecule has 0 saturated heterocycles. The Morgan fingerprint density at radius 2 is 1.57 bits per heavy atom. The molecule has 2 N–H and O–H groups in total. The molecule has 7 heteroatoms. The Bertz CT molecular complexity index is 1440. The summed E-state index contributed by atoms with van der Waals surface area (Å²) in [5.74, 6) is -0.198. The van der Waals surface area contributed by atoms with Crippen molar-refractivity contribution in [1.82, 2.24) is 4.98 Å². The largest absolute Gasteiger partial charge is 0.325 e. The summed E-state index contributed by atoms with van der Waals surface area (Å²) in [6, 6.07) is 17.6. The minimum absolute atomic E-state index is 0.0403. The van der Waals surface area contributed by atoms with Gasteiger partial charge < -0.3 is 10.6 Å². The average Bonchev–Trinajstić information content (AvgIpc) is 3.22. The van der Waals surface area contributed by atoms with Crippen LogP contribution < -0.4 is 10.6 Å². The number of carbonyl (C=O) groups is 2. The van der Waals surface area contributed by atoms with Crippen LogP contribution in [0.25, 0.3) is 10.2 Å². The lowest BCUT2D eigenvalue weighted by Gasteiger charge is -2.19. The molecule has 1 atom stereocenters. The number of hydrogen-bond acceptors (Lipinski definition) is 5. The van der Waals surface area contributed by atoms with E-state index in [1.165, 1.54) is 34.2 Å². The van der Waals surface area contributed by atoms with E-state index in [4.69, 9.17) is 0 Å². The molecule has 0 fully saturated rings. The fourth-order valence-electron chi connectivity index (χ4n) is 4.16. The molecule has 0 unspecified atom stereocenters. The molecule has 0 radical (unpaired) electrons. The van der Waals surface area contributed by atoms with Crippen LogP contribution in [0.2, 0.25) is 0 Å². The molecular formula is C30H33N3O2S2. The van der Waals surface area contributed by atoms with Gasteiger partial charge in [0.15, 0.2) is 4.34 Å². The fraction of sp³-hybridized carbons (Fsp3) is 0.300. The first kappa shape index (κ1) is 26.9. The highest BCUT2D eigenvalue weighted by Crippen LogP contribution is 2.34. The third-order valence-corrected chi connectivity index (χ3v) is 8.42. The maximum absolute atomic E-state index is 12.9. The SMILES string of the molecule is Cc1cc(C)c(NC(=O)[C@H](C)Sc2nc3ccc(NC(=O)c4ccc(C(C)(C)C)cc4)cc3s2)c(C)c1. The second-order valence-electron chi connectivity index (χ2n) is 10.5. The third kappa shape index (κ3) is 6.40. The zero-order valence-corrected chi connectivity index (χ0v) is 24.0. The summed E-state index contributed by atoms with van der Waals surface area (Å²) < 4.78 is 1.78. The summed E-state index contributed by atoms with van der Waals surface area (Å²) >= 11 is 2.96. The van der Waals surface area contributed by atoms with Crippen molar-refractivity contribution in [2.24, 2.45) is 0 Å². The minimum Gasteiger partial charge on any atom is -0.325 e. The number of amides is 2. The van der Waals surface area contributed by atoms with Crippen molar-refractivity contribution >= 4 is 56.5 Å². The van der Waals surface area contributed by atoms with E-state index in [1.54, 1.807) is 0 Å². The molecule has 5 nitrogen and oxygen atoms in total. The summed E-state index contributed by atoms with van der Waals surface area (Å²) in [6.45, 7) is 14.4. The summed E-state index contributed by atoms with van der Waals surface area (Å²) in [7, 11) is 0. The predicted molar refractivity (Wildman–Crippen MR) is 157 cm³/mol. The molecule has 1 heterocycles. The van der Waals surface area contributed by atoms with Crippen molar-refractivity contribution in [2.45, 2.75) is 63.5 Å². The van der Waals surface area contributed by atoms with Crippen LogP contribution in [0.15, 0.2) is 58.9 Å². The van der Waals surface area contributed by atoms with Crippen molar-refractivity contribution in [3.63, 3.8) is 0 Å². The minimum atomic E-state index is -0.309. The van der Waals surface area contributed by atoms with Crippen LogP contribution in [0.1, 0.15) is 60.3 Å². The normalized spacial score (nSPS) is 12.4. The summed E-state index contributed by atoms with van der Waals surface area (Å²) in [5.41, 5.74) is 7.58. The summed E-state index contributed by atoms with van der Waals surface area (Å²) in [5, 5.41) is 5.77. The van der Waals surface area contributed by atoms with Crippen LogP contribution in [0.3, 0.4) is 0 Å². The molecule has 0 aliphatic carbocycles. The molecule has 0 aliphatic rings. The molecule has 4 aromatic rings. The number of thiazole rings is 1. The quantitative estimate of drug-likeness (QED) is 0.248. The number of fused-ring (bicyclic) bond motifs is 1. The van der Waals surface area contributed by atoms with Gasteiger partial charge in [0.2, 0.25) is 5.91 Å². The first-order valence-corrected chi connectivity index (χ1v) is 14.0. The summed E-state index contributed by atoms with van der Waals surface area (Å²) in [4.78, 5) is 30.4. The topological polar surface area (TPSA) is 71.1 Å². The Morgan fingerprint density at radius 1 is 0.919 bits per heavy atom. The lowest BCUT2D eigenvalue weighted by Crippen LogP contribution is -2.23. The number of anilines is 2. The zero-order valence-electron chi connectivity index (χ0n) is 22.4. The van der Waals surface area contributed by atoms with Gasteiger partial charge in [0.1, 0.15) is 0 Å². The zero-order chi connectivity index (χ0) is 26.9. The number of carbonyl (C=O) groups excluding carboxylic acids is 2. The van der Waals surface area contributed by atoms with Crippen LogP contribution in [-0.2, 0) is 10.2 Å². The van der Waals surface area contributed by atoms with Crippen LogP contribution >= 0.6 is 23.1 Å². The van der Waals surface area contributed by atoms with E-state index in [1.807, 2.05) is 63.2 Å². The molecule has 1 aromatic heterocycles. The predicted octanol–water partition coefficient (Wildman–Crippen LogP) is 7.89. The van der Waals surface area contributed by atoms with Crippen molar-refractivity contribution in [1.29, 1.82) is 0 Å². The van der Waals surface area contributed by atoms with Crippen LogP contribution in [-0.4, -0.2) is 22.0 Å². The molecular weight excluding hydrogens is 498 g/mol. The smallest absolute Gasteiger partial charge is 0.255 e. The molecule has 2 amide bonds. The van der Waals surface area contributed by atoms with Gasteiger partial charge >= 0.3 is 0 Å². The second kappa shape index (κ2) is 10.7. The Morgan fingerprint density at radius 3 is 2.19 bits per heavy atom. The number of aryl methyl sites for hydroxylation is 3. The third-order valence-electron chi connectivity index (χ3n) is 6.21. The fourth-order valence-corrected chi connectivity index (χ4v) is 6.41. The van der Waals surface area contributed by atoms with E-state index in [0.717, 1.165) is 31.4 Å². The Labute approximate surface area is 227 Å². The van der Waals surface area contributed by atoms with Gasteiger partial charge in [-0.3, -0.25) is 9.59 Å². The van der Waals surface area contributed by atoms with Crippen molar-refractivity contribution in [3.8, 4) is 0 Å². The highest BCUT2D eigenvalue weighted by atomic mass is 32.2. The van der Waals surface area contributed by atoms with E-state index in [9.17, 15) is 9.59 Å². The lowest BCUT2D eigenvalue weighted by molar-refractivity contribution is -0.115. The van der Waals surface area contributed by atoms with Crippen molar-refractivity contribution < 1.29 is 9.59 Å². The number of benzene rings is 3. The van der Waals surface area contributed by atoms with E-state index in [2.05, 4.69) is 55.4 Å². The van der Waals surface area contributed by atoms with E-state index in [0.29, 0.717) is 11.3 Å². The molecule has 0 saturated carbocycles. The molecule has 0 bridgehead atoms. The number of aromatic nitrogens is 1. The van der Waals surface area contributed by atoms with Gasteiger partial charge in [-0.25, -0.2) is 4.98 Å². The molecule has 4 rings (SSSR count). The van der Waals surface area contributed by atoms with E-state index >= 15 is 0 Å². The van der Waals surface area contributed by atoms with Gasteiger partial charge in [-0.05, 0) is 80.1 Å². The maximum Gasteiger partial charge on any atom is 0.255 e. The highest BCUT2D eigenvalue weighted by molar-refractivity contribution is 8.02. The number of thioether (sulfide) groups is 1. The van der Waals surface area contributed by atoms with Gasteiger partial charge in [0.05, 0.1) is 15.5 Å². The van der Waals surface area contributed by atoms with E-state index < -0.39 is 0 Å². The summed E-state index contributed by atoms with van der Waals surface area (Å²) in [6.07, 6.45) is 0. The molecule has 192 valence electrons. The lowest BCUT2D eigenvalue weighted by atomic mass is 9.87. The van der Waals surface area contributed by atoms with Crippen molar-refractivity contribution in [3.05, 3.63) is 82.4 Å². The van der Waals surface area contributed by atoms with Crippen LogP contribution in [0, 0.1) is 20.8 Å². The Hall–Kier alpha value is -3.16. The molecule has 0 spiro atoms. The monoisotopic (exact) mass is 531 g/mol. The van der Waals surface area contributed by atoms with Crippen LogP contribution in [0.5, 0.6) is 0 Å². The first-order chi connectivity index (χ1) is 17.4. The maximum atomic E-state index is 12.9. The molecule has 37 heavy (non-hydrogen) atoms. The van der Waals surface area contributed by atoms with Gasteiger partial charge in [0, 0.05) is 16.9 Å². The Kier molecular flexibility index (Phi) is 7.76.